The van der Waals surface area contributed by atoms with Crippen molar-refractivity contribution in [2.75, 3.05) is 13.2 Å². The van der Waals surface area contributed by atoms with Gasteiger partial charge in [0.15, 0.2) is 0 Å². The van der Waals surface area contributed by atoms with Crippen LogP contribution in [0.2, 0.25) is 0 Å². The van der Waals surface area contributed by atoms with Gasteiger partial charge in [-0.2, -0.15) is 0 Å². The summed E-state index contributed by atoms with van der Waals surface area (Å²) in [5.41, 5.74) is 6.68. The van der Waals surface area contributed by atoms with Gasteiger partial charge in [-0.3, -0.25) is 0 Å². The maximum atomic E-state index is 9.49. The van der Waals surface area contributed by atoms with Crippen LogP contribution >= 0.6 is 0 Å². The molecule has 0 bridgehead atoms. The second-order valence-corrected chi connectivity index (χ2v) is 5.73. The maximum absolute atomic E-state index is 9.49. The molecule has 1 aromatic rings. The van der Waals surface area contributed by atoms with Crippen LogP contribution in [0.25, 0.3) is 0 Å². The number of aliphatic hydroxyl groups is 2. The molecule has 1 unspecified atom stereocenters. The minimum Gasteiger partial charge on any atom is -0.396 e. The lowest BCUT2D eigenvalue weighted by molar-refractivity contribution is 0.152. The highest BCUT2D eigenvalue weighted by atomic mass is 16.3. The molecule has 0 radical (unpaired) electrons. The molecule has 0 saturated carbocycles. The molecule has 2 nitrogen and oxygen atoms in total. The fourth-order valence-electron chi connectivity index (χ4n) is 3.12. The molecule has 94 valence electrons. The molecule has 2 N–H and O–H groups in total. The Kier molecular flexibility index (Phi) is 3.28. The number of aryl methyl sites for hydroxylation is 1. The Labute approximate surface area is 103 Å². The van der Waals surface area contributed by atoms with Crippen molar-refractivity contribution in [2.45, 2.75) is 40.0 Å². The highest BCUT2D eigenvalue weighted by molar-refractivity contribution is 5.48. The Morgan fingerprint density at radius 1 is 1.24 bits per heavy atom. The molecule has 2 rings (SSSR count). The van der Waals surface area contributed by atoms with Crippen molar-refractivity contribution in [1.29, 1.82) is 0 Å². The van der Waals surface area contributed by atoms with Gasteiger partial charge in [-0.1, -0.05) is 13.0 Å². The Morgan fingerprint density at radius 3 is 2.53 bits per heavy atom. The summed E-state index contributed by atoms with van der Waals surface area (Å²) in [5, 5.41) is 18.6. The van der Waals surface area contributed by atoms with E-state index in [9.17, 15) is 5.11 Å². The summed E-state index contributed by atoms with van der Waals surface area (Å²) < 4.78 is 0. The fraction of sp³-hybridized carbons (Fsp3) is 0.600. The molecule has 1 atom stereocenters. The van der Waals surface area contributed by atoms with E-state index in [0.29, 0.717) is 0 Å². The molecule has 0 heterocycles. The van der Waals surface area contributed by atoms with Gasteiger partial charge in [-0.15, -0.1) is 0 Å². The molecule has 0 saturated heterocycles. The van der Waals surface area contributed by atoms with Crippen molar-refractivity contribution in [1.82, 2.24) is 0 Å². The maximum Gasteiger partial charge on any atom is 0.0491 e. The first-order valence-electron chi connectivity index (χ1n) is 6.33. The zero-order valence-electron chi connectivity index (χ0n) is 11.0. The second-order valence-electron chi connectivity index (χ2n) is 5.73. The van der Waals surface area contributed by atoms with Crippen LogP contribution < -0.4 is 0 Å². The highest BCUT2D eigenvalue weighted by Gasteiger charge is 2.33. The molecule has 17 heavy (non-hydrogen) atoms. The third-order valence-electron chi connectivity index (χ3n) is 4.12. The molecule has 1 aromatic carbocycles. The van der Waals surface area contributed by atoms with E-state index >= 15 is 0 Å². The Bertz CT molecular complexity index is 437. The van der Waals surface area contributed by atoms with Crippen LogP contribution in [0.4, 0.5) is 0 Å². The van der Waals surface area contributed by atoms with Crippen molar-refractivity contribution in [3.63, 3.8) is 0 Å². The van der Waals surface area contributed by atoms with Gasteiger partial charge in [0.25, 0.3) is 0 Å². The van der Waals surface area contributed by atoms with Gasteiger partial charge in [0, 0.05) is 13.2 Å². The fourth-order valence-corrected chi connectivity index (χ4v) is 3.12. The molecule has 0 aliphatic heterocycles. The van der Waals surface area contributed by atoms with Gasteiger partial charge in [-0.05, 0) is 66.3 Å². The largest absolute Gasteiger partial charge is 0.396 e. The van der Waals surface area contributed by atoms with Crippen LogP contribution in [0.15, 0.2) is 6.07 Å². The van der Waals surface area contributed by atoms with E-state index in [1.165, 1.54) is 27.8 Å². The summed E-state index contributed by atoms with van der Waals surface area (Å²) in [7, 11) is 0. The van der Waals surface area contributed by atoms with Gasteiger partial charge in [0.2, 0.25) is 0 Å². The van der Waals surface area contributed by atoms with Gasteiger partial charge in [-0.25, -0.2) is 0 Å². The molecule has 0 spiro atoms. The summed E-state index contributed by atoms with van der Waals surface area (Å²) in [6.07, 6.45) is 2.67. The van der Waals surface area contributed by atoms with Crippen LogP contribution in [-0.2, 0) is 19.3 Å². The van der Waals surface area contributed by atoms with Gasteiger partial charge in [0.05, 0.1) is 0 Å². The summed E-state index contributed by atoms with van der Waals surface area (Å²) in [6.45, 7) is 6.87. The summed E-state index contributed by atoms with van der Waals surface area (Å²) in [5.74, 6) is 0. The zero-order valence-corrected chi connectivity index (χ0v) is 11.0. The lowest BCUT2D eigenvalue weighted by Crippen LogP contribution is -2.21. The van der Waals surface area contributed by atoms with Crippen molar-refractivity contribution in [3.05, 3.63) is 33.9 Å². The van der Waals surface area contributed by atoms with E-state index in [1.54, 1.807) is 0 Å². The van der Waals surface area contributed by atoms with Crippen LogP contribution in [0, 0.1) is 19.3 Å². The number of hydrogen-bond donors (Lipinski definition) is 2. The average Bonchev–Trinajstić information content (AvgIpc) is 2.62. The quantitative estimate of drug-likeness (QED) is 0.839. The smallest absolute Gasteiger partial charge is 0.0491 e. The van der Waals surface area contributed by atoms with E-state index in [2.05, 4.69) is 26.8 Å². The molecule has 2 heteroatoms. The topological polar surface area (TPSA) is 40.5 Å². The lowest BCUT2D eigenvalue weighted by Gasteiger charge is -2.19. The monoisotopic (exact) mass is 234 g/mol. The predicted molar refractivity (Wildman–Crippen MR) is 69.3 cm³/mol. The van der Waals surface area contributed by atoms with E-state index in [1.807, 2.05) is 0 Å². The van der Waals surface area contributed by atoms with Gasteiger partial charge in [0.1, 0.15) is 0 Å². The Morgan fingerprint density at radius 2 is 1.94 bits per heavy atom. The standard InChI is InChI=1S/C15H22O2/c1-10-6-12-7-15(3,9-17)8-14(12)11(2)13(10)4-5-16/h6,16-17H,4-5,7-9H2,1-3H3. The highest BCUT2D eigenvalue weighted by Crippen LogP contribution is 2.39. The number of fused-ring (bicyclic) bond motifs is 1. The molecule has 0 amide bonds. The van der Waals surface area contributed by atoms with Crippen molar-refractivity contribution < 1.29 is 10.2 Å². The third kappa shape index (κ3) is 2.12. The molecule has 1 aliphatic rings. The third-order valence-corrected chi connectivity index (χ3v) is 4.12. The van der Waals surface area contributed by atoms with E-state index in [-0.39, 0.29) is 18.6 Å². The molecule has 0 aromatic heterocycles. The van der Waals surface area contributed by atoms with Crippen LogP contribution in [-0.4, -0.2) is 23.4 Å². The van der Waals surface area contributed by atoms with Crippen LogP contribution in [0.5, 0.6) is 0 Å². The molecular formula is C15H22O2. The minimum absolute atomic E-state index is 0.0113. The number of benzene rings is 1. The van der Waals surface area contributed by atoms with E-state index in [0.717, 1.165) is 19.3 Å². The number of rotatable bonds is 3. The zero-order chi connectivity index (χ0) is 12.6. The Hall–Kier alpha value is -0.860. The normalized spacial score (nSPS) is 22.9. The second kappa shape index (κ2) is 4.43. The summed E-state index contributed by atoms with van der Waals surface area (Å²) in [6, 6.07) is 2.24. The summed E-state index contributed by atoms with van der Waals surface area (Å²) in [4.78, 5) is 0. The first-order chi connectivity index (χ1) is 8.00. The van der Waals surface area contributed by atoms with Crippen molar-refractivity contribution in [2.24, 2.45) is 5.41 Å². The minimum atomic E-state index is 0.0113. The van der Waals surface area contributed by atoms with E-state index in [4.69, 9.17) is 5.11 Å². The lowest BCUT2D eigenvalue weighted by atomic mass is 9.88. The number of hydrogen-bond acceptors (Lipinski definition) is 2. The van der Waals surface area contributed by atoms with Crippen molar-refractivity contribution in [3.8, 4) is 0 Å². The first kappa shape index (κ1) is 12.6. The van der Waals surface area contributed by atoms with Crippen LogP contribution in [0.3, 0.4) is 0 Å². The first-order valence-corrected chi connectivity index (χ1v) is 6.33. The molecule has 1 aliphatic carbocycles. The predicted octanol–water partition coefficient (Wildman–Crippen LogP) is 1.94. The summed E-state index contributed by atoms with van der Waals surface area (Å²) >= 11 is 0. The van der Waals surface area contributed by atoms with E-state index < -0.39 is 0 Å². The van der Waals surface area contributed by atoms with Crippen LogP contribution in [0.1, 0.15) is 34.7 Å². The SMILES string of the molecule is Cc1cc2c(c(C)c1CCO)CC(C)(CO)C2. The number of aliphatic hydroxyl groups excluding tert-OH is 2. The molecular weight excluding hydrogens is 212 g/mol. The van der Waals surface area contributed by atoms with Crippen molar-refractivity contribution >= 4 is 0 Å². The average molecular weight is 234 g/mol. The molecule has 0 fully saturated rings. The van der Waals surface area contributed by atoms with Gasteiger partial charge < -0.3 is 10.2 Å². The van der Waals surface area contributed by atoms with Gasteiger partial charge >= 0.3 is 0 Å². The Balaban J connectivity index is 2.46.